The first-order valence-electron chi connectivity index (χ1n) is 5.13. The van der Waals surface area contributed by atoms with Crippen molar-refractivity contribution >= 4 is 70.5 Å². The summed E-state index contributed by atoms with van der Waals surface area (Å²) in [6.07, 6.45) is 1.68. The summed E-state index contributed by atoms with van der Waals surface area (Å²) in [4.78, 5) is 4.94. The van der Waals surface area contributed by atoms with E-state index in [0.717, 1.165) is 10.6 Å². The van der Waals surface area contributed by atoms with E-state index in [2.05, 4.69) is 42.2 Å². The first-order valence-corrected chi connectivity index (χ1v) is 9.46. The summed E-state index contributed by atoms with van der Waals surface area (Å²) >= 11 is 13.8. The molecular weight excluding hydrogens is 454 g/mol. The number of hydrogen-bond acceptors (Lipinski definition) is 5. The molecule has 20 heavy (non-hydrogen) atoms. The van der Waals surface area contributed by atoms with Crippen LogP contribution in [0.5, 0.6) is 0 Å². The van der Waals surface area contributed by atoms with Gasteiger partial charge in [0.25, 0.3) is 0 Å². The highest BCUT2D eigenvalue weighted by Crippen LogP contribution is 2.34. The molecule has 0 saturated heterocycles. The van der Waals surface area contributed by atoms with Crippen LogP contribution in [0.3, 0.4) is 0 Å². The van der Waals surface area contributed by atoms with E-state index in [-0.39, 0.29) is 4.90 Å². The Morgan fingerprint density at radius 3 is 2.40 bits per heavy atom. The molecule has 0 unspecified atom stereocenters. The van der Waals surface area contributed by atoms with Crippen LogP contribution in [0.2, 0.25) is 4.47 Å². The molecule has 3 N–H and O–H groups in total. The van der Waals surface area contributed by atoms with Crippen molar-refractivity contribution in [1.29, 1.82) is 0 Å². The molecule has 0 atom stereocenters. The number of rotatable bonds is 4. The van der Waals surface area contributed by atoms with E-state index in [4.69, 9.17) is 16.7 Å². The second-order valence-corrected chi connectivity index (χ2v) is 8.71. The Hall–Kier alpha value is -0.190. The molecule has 0 amide bonds. The molecule has 0 aliphatic heterocycles. The summed E-state index contributed by atoms with van der Waals surface area (Å²) < 4.78 is 24.3. The molecule has 0 spiro atoms. The SMILES string of the molecule is NS(=O)(=O)c1cc(Br)c(NCc2cnc(Cl)s2)c(Br)c1. The predicted molar refractivity (Wildman–Crippen MR) is 87.7 cm³/mol. The van der Waals surface area contributed by atoms with E-state index >= 15 is 0 Å². The smallest absolute Gasteiger partial charge is 0.238 e. The summed E-state index contributed by atoms with van der Waals surface area (Å²) in [5.41, 5.74) is 0.724. The third-order valence-corrected chi connectivity index (χ3v) is 5.57. The minimum Gasteiger partial charge on any atom is -0.378 e. The molecule has 0 radical (unpaired) electrons. The normalized spacial score (nSPS) is 11.6. The van der Waals surface area contributed by atoms with Crippen LogP contribution in [-0.2, 0) is 16.6 Å². The molecule has 1 aromatic carbocycles. The number of anilines is 1. The molecule has 108 valence electrons. The summed E-state index contributed by atoms with van der Waals surface area (Å²) in [5.74, 6) is 0. The average Bonchev–Trinajstić information content (AvgIpc) is 2.72. The number of nitrogens with zero attached hydrogens (tertiary/aromatic N) is 1. The van der Waals surface area contributed by atoms with Gasteiger partial charge in [-0.15, -0.1) is 11.3 Å². The molecule has 0 fully saturated rings. The monoisotopic (exact) mass is 459 g/mol. The zero-order chi connectivity index (χ0) is 14.9. The standard InChI is InChI=1S/C10H8Br2ClN3O2S2/c11-7-1-6(20(14,17)18)2-8(12)9(7)15-3-5-4-16-10(13)19-5/h1-2,4,15H,3H2,(H2,14,17,18). The van der Waals surface area contributed by atoms with Crippen LogP contribution in [0, 0.1) is 0 Å². The number of sulfonamides is 1. The van der Waals surface area contributed by atoms with Crippen LogP contribution in [0.25, 0.3) is 0 Å². The Bertz CT molecular complexity index is 726. The maximum absolute atomic E-state index is 11.3. The van der Waals surface area contributed by atoms with Gasteiger partial charge >= 0.3 is 0 Å². The molecule has 0 aliphatic rings. The quantitative estimate of drug-likeness (QED) is 0.729. The summed E-state index contributed by atoms with van der Waals surface area (Å²) in [7, 11) is -3.74. The van der Waals surface area contributed by atoms with Gasteiger partial charge < -0.3 is 5.32 Å². The fourth-order valence-electron chi connectivity index (χ4n) is 1.42. The minimum absolute atomic E-state index is 0.0302. The Balaban J connectivity index is 2.25. The van der Waals surface area contributed by atoms with Crippen molar-refractivity contribution in [1.82, 2.24) is 4.98 Å². The van der Waals surface area contributed by atoms with E-state index in [9.17, 15) is 8.42 Å². The van der Waals surface area contributed by atoms with Crippen molar-refractivity contribution in [3.63, 3.8) is 0 Å². The fraction of sp³-hybridized carbons (Fsp3) is 0.100. The van der Waals surface area contributed by atoms with Crippen molar-refractivity contribution < 1.29 is 8.42 Å². The topological polar surface area (TPSA) is 85.1 Å². The van der Waals surface area contributed by atoms with Crippen molar-refractivity contribution in [2.75, 3.05) is 5.32 Å². The van der Waals surface area contributed by atoms with Gasteiger partial charge in [-0.05, 0) is 44.0 Å². The summed E-state index contributed by atoms with van der Waals surface area (Å²) in [5, 5.41) is 8.27. The number of thiazole rings is 1. The van der Waals surface area contributed by atoms with Crippen molar-refractivity contribution in [3.05, 3.63) is 36.6 Å². The summed E-state index contributed by atoms with van der Waals surface area (Å²) in [6, 6.07) is 2.89. The molecule has 0 bridgehead atoms. The molecule has 0 aliphatic carbocycles. The van der Waals surface area contributed by atoms with Crippen LogP contribution in [0.15, 0.2) is 32.2 Å². The summed E-state index contributed by atoms with van der Waals surface area (Å²) in [6.45, 7) is 0.524. The van der Waals surface area contributed by atoms with E-state index in [1.807, 2.05) is 0 Å². The lowest BCUT2D eigenvalue weighted by atomic mass is 10.3. The largest absolute Gasteiger partial charge is 0.378 e. The molecular formula is C10H8Br2ClN3O2S2. The number of primary sulfonamides is 1. The average molecular weight is 462 g/mol. The Morgan fingerprint density at radius 2 is 1.95 bits per heavy atom. The maximum atomic E-state index is 11.3. The number of nitrogens with two attached hydrogens (primary N) is 1. The molecule has 1 aromatic heterocycles. The van der Waals surface area contributed by atoms with E-state index in [1.54, 1.807) is 6.20 Å². The van der Waals surface area contributed by atoms with Crippen molar-refractivity contribution in [3.8, 4) is 0 Å². The highest BCUT2D eigenvalue weighted by molar-refractivity contribution is 9.11. The van der Waals surface area contributed by atoms with Gasteiger partial charge in [0.1, 0.15) is 0 Å². The highest BCUT2D eigenvalue weighted by Gasteiger charge is 2.14. The minimum atomic E-state index is -3.74. The Labute approximate surface area is 141 Å². The van der Waals surface area contributed by atoms with Crippen LogP contribution in [0.1, 0.15) is 4.88 Å². The molecule has 0 saturated carbocycles. The zero-order valence-electron chi connectivity index (χ0n) is 9.73. The lowest BCUT2D eigenvalue weighted by Gasteiger charge is -2.11. The molecule has 2 aromatic rings. The van der Waals surface area contributed by atoms with Gasteiger partial charge in [-0.25, -0.2) is 18.5 Å². The Morgan fingerprint density at radius 1 is 1.35 bits per heavy atom. The number of hydrogen-bond donors (Lipinski definition) is 2. The molecule has 1 heterocycles. The third kappa shape index (κ3) is 3.92. The van der Waals surface area contributed by atoms with E-state index < -0.39 is 10.0 Å². The van der Waals surface area contributed by atoms with Crippen LogP contribution < -0.4 is 10.5 Å². The van der Waals surface area contributed by atoms with Gasteiger partial charge in [-0.3, -0.25) is 0 Å². The lowest BCUT2D eigenvalue weighted by Crippen LogP contribution is -2.12. The molecule has 10 heteroatoms. The molecule has 2 rings (SSSR count). The first-order chi connectivity index (χ1) is 9.27. The first kappa shape index (κ1) is 16.2. The number of nitrogens with one attached hydrogen (secondary N) is 1. The van der Waals surface area contributed by atoms with Crippen molar-refractivity contribution in [2.24, 2.45) is 5.14 Å². The lowest BCUT2D eigenvalue weighted by molar-refractivity contribution is 0.597. The van der Waals surface area contributed by atoms with Gasteiger partial charge in [0, 0.05) is 20.0 Å². The van der Waals surface area contributed by atoms with Crippen LogP contribution >= 0.6 is 54.8 Å². The van der Waals surface area contributed by atoms with Crippen LogP contribution in [0.4, 0.5) is 5.69 Å². The van der Waals surface area contributed by atoms with Gasteiger partial charge in [0.05, 0.1) is 17.1 Å². The zero-order valence-corrected chi connectivity index (χ0v) is 15.3. The fourth-order valence-corrected chi connectivity index (χ4v) is 4.68. The van der Waals surface area contributed by atoms with Gasteiger partial charge in [0.2, 0.25) is 10.0 Å². The van der Waals surface area contributed by atoms with Gasteiger partial charge in [0.15, 0.2) is 4.47 Å². The Kier molecular flexibility index (Phi) is 5.09. The maximum Gasteiger partial charge on any atom is 0.238 e. The van der Waals surface area contributed by atoms with Gasteiger partial charge in [-0.1, -0.05) is 11.6 Å². The van der Waals surface area contributed by atoms with Gasteiger partial charge in [-0.2, -0.15) is 0 Å². The second kappa shape index (κ2) is 6.29. The third-order valence-electron chi connectivity index (χ3n) is 2.31. The van der Waals surface area contributed by atoms with E-state index in [1.165, 1.54) is 23.5 Å². The predicted octanol–water partition coefficient (Wildman–Crippen LogP) is 3.58. The van der Waals surface area contributed by atoms with Crippen LogP contribution in [-0.4, -0.2) is 13.4 Å². The number of benzene rings is 1. The van der Waals surface area contributed by atoms with Crippen molar-refractivity contribution in [2.45, 2.75) is 11.4 Å². The highest BCUT2D eigenvalue weighted by atomic mass is 79.9. The number of halogens is 3. The number of aromatic nitrogens is 1. The second-order valence-electron chi connectivity index (χ2n) is 3.74. The van der Waals surface area contributed by atoms with E-state index in [0.29, 0.717) is 20.0 Å². The molecule has 5 nitrogen and oxygen atoms in total.